The molecule has 0 saturated carbocycles. The maximum Gasteiger partial charge on any atom is 0.194 e. The van der Waals surface area contributed by atoms with Crippen molar-refractivity contribution in [3.05, 3.63) is 70.5 Å². The summed E-state index contributed by atoms with van der Waals surface area (Å²) in [6.07, 6.45) is 0. The number of hydrogen-bond donors (Lipinski definition) is 1. The Morgan fingerprint density at radius 1 is 1.12 bits per heavy atom. The molecule has 5 heteroatoms. The van der Waals surface area contributed by atoms with Gasteiger partial charge in [0.05, 0.1) is 0 Å². The summed E-state index contributed by atoms with van der Waals surface area (Å²) in [6, 6.07) is 10.8. The highest BCUT2D eigenvalue weighted by atomic mass is 19.2. The van der Waals surface area contributed by atoms with Crippen LogP contribution in [0.3, 0.4) is 0 Å². The zero-order chi connectivity index (χ0) is 17.5. The number of fused-ring (bicyclic) bond motifs is 1. The van der Waals surface area contributed by atoms with Crippen molar-refractivity contribution in [2.24, 2.45) is 5.73 Å². The Morgan fingerprint density at radius 2 is 1.79 bits per heavy atom. The van der Waals surface area contributed by atoms with Crippen LogP contribution in [0.25, 0.3) is 0 Å². The van der Waals surface area contributed by atoms with Gasteiger partial charge in [-0.05, 0) is 17.2 Å². The fourth-order valence-electron chi connectivity index (χ4n) is 3.55. The molecule has 1 heterocycles. The molecule has 0 spiro atoms. The second-order valence-corrected chi connectivity index (χ2v) is 6.96. The molecule has 2 N–H and O–H groups in total. The van der Waals surface area contributed by atoms with Gasteiger partial charge in [-0.25, -0.2) is 13.2 Å². The number of halogens is 3. The lowest BCUT2D eigenvalue weighted by atomic mass is 9.84. The summed E-state index contributed by atoms with van der Waals surface area (Å²) in [4.78, 5) is 2.00. The number of hydrogen-bond acceptors (Lipinski definition) is 2. The van der Waals surface area contributed by atoms with E-state index in [1.54, 1.807) is 0 Å². The highest BCUT2D eigenvalue weighted by Crippen LogP contribution is 2.38. The molecule has 128 valence electrons. The predicted molar refractivity (Wildman–Crippen MR) is 88.0 cm³/mol. The second kappa shape index (κ2) is 6.22. The highest BCUT2D eigenvalue weighted by Gasteiger charge is 2.37. The van der Waals surface area contributed by atoms with E-state index in [9.17, 15) is 13.2 Å². The normalized spacial score (nSPS) is 18.0. The fourth-order valence-corrected chi connectivity index (χ4v) is 3.55. The average Bonchev–Trinajstić information content (AvgIpc) is 2.90. The third-order valence-electron chi connectivity index (χ3n) is 4.84. The lowest BCUT2D eigenvalue weighted by Gasteiger charge is -2.34. The van der Waals surface area contributed by atoms with Gasteiger partial charge in [-0.1, -0.05) is 44.2 Å². The van der Waals surface area contributed by atoms with Crippen molar-refractivity contribution in [2.45, 2.75) is 31.8 Å². The van der Waals surface area contributed by atoms with Gasteiger partial charge in [0.15, 0.2) is 17.5 Å². The lowest BCUT2D eigenvalue weighted by molar-refractivity contribution is 0.178. The van der Waals surface area contributed by atoms with Gasteiger partial charge in [0.25, 0.3) is 0 Å². The molecule has 0 amide bonds. The van der Waals surface area contributed by atoms with Gasteiger partial charge in [0.1, 0.15) is 0 Å². The van der Waals surface area contributed by atoms with Crippen LogP contribution in [-0.2, 0) is 12.0 Å². The molecule has 1 aliphatic rings. The van der Waals surface area contributed by atoms with E-state index in [-0.39, 0.29) is 30.1 Å². The van der Waals surface area contributed by atoms with E-state index in [0.717, 1.165) is 11.6 Å². The first-order valence-electron chi connectivity index (χ1n) is 8.01. The van der Waals surface area contributed by atoms with Gasteiger partial charge in [-0.2, -0.15) is 0 Å². The number of benzene rings is 2. The highest BCUT2D eigenvalue weighted by molar-refractivity contribution is 5.37. The summed E-state index contributed by atoms with van der Waals surface area (Å²) in [5.41, 5.74) is 7.47. The van der Waals surface area contributed by atoms with E-state index in [2.05, 4.69) is 13.8 Å². The van der Waals surface area contributed by atoms with Crippen molar-refractivity contribution in [1.29, 1.82) is 0 Å². The Bertz CT molecular complexity index is 744. The molecule has 2 nitrogen and oxygen atoms in total. The van der Waals surface area contributed by atoms with Crippen LogP contribution in [0.5, 0.6) is 0 Å². The molecule has 0 aliphatic carbocycles. The summed E-state index contributed by atoms with van der Waals surface area (Å²) in [5.74, 6) is -3.66. The first-order valence-corrected chi connectivity index (χ1v) is 8.01. The van der Waals surface area contributed by atoms with Crippen LogP contribution in [0, 0.1) is 17.5 Å². The molecule has 1 atom stereocenters. The van der Waals surface area contributed by atoms with E-state index in [1.807, 2.05) is 35.2 Å². The van der Waals surface area contributed by atoms with Crippen LogP contribution in [-0.4, -0.2) is 18.0 Å². The smallest absolute Gasteiger partial charge is 0.194 e. The van der Waals surface area contributed by atoms with E-state index in [0.29, 0.717) is 12.1 Å². The summed E-state index contributed by atoms with van der Waals surface area (Å²) >= 11 is 0. The van der Waals surface area contributed by atoms with Crippen molar-refractivity contribution in [3.8, 4) is 0 Å². The Hall–Kier alpha value is -1.85. The summed E-state index contributed by atoms with van der Waals surface area (Å²) in [5, 5.41) is 0. The Morgan fingerprint density at radius 3 is 2.42 bits per heavy atom. The summed E-state index contributed by atoms with van der Waals surface area (Å²) < 4.78 is 41.3. The second-order valence-electron chi connectivity index (χ2n) is 6.96. The topological polar surface area (TPSA) is 29.3 Å². The van der Waals surface area contributed by atoms with Gasteiger partial charge in [0.2, 0.25) is 0 Å². The largest absolute Gasteiger partial charge is 0.329 e. The molecule has 2 aromatic rings. The summed E-state index contributed by atoms with van der Waals surface area (Å²) in [7, 11) is 0. The van der Waals surface area contributed by atoms with Gasteiger partial charge >= 0.3 is 0 Å². The van der Waals surface area contributed by atoms with Crippen molar-refractivity contribution in [1.82, 2.24) is 4.90 Å². The predicted octanol–water partition coefficient (Wildman–Crippen LogP) is 3.90. The van der Waals surface area contributed by atoms with Crippen LogP contribution >= 0.6 is 0 Å². The monoisotopic (exact) mass is 334 g/mol. The SMILES string of the molecule is CC(C)(CN1Cc2c(cc(F)c(F)c2F)C1CN)c1ccccc1. The Kier molecular flexibility index (Phi) is 4.40. The standard InChI is InChI=1S/C19H21F3N2/c1-19(2,12-6-4-3-5-7-12)11-24-10-14-13(16(24)9-23)8-15(20)18(22)17(14)21/h3-8,16H,9-11,23H2,1-2H3. The van der Waals surface area contributed by atoms with Crippen molar-refractivity contribution in [2.75, 3.05) is 13.1 Å². The molecule has 1 aliphatic heterocycles. The maximum absolute atomic E-state index is 14.1. The molecule has 1 unspecified atom stereocenters. The number of rotatable bonds is 4. The first kappa shape index (κ1) is 17.0. The molecule has 24 heavy (non-hydrogen) atoms. The van der Waals surface area contributed by atoms with Crippen LogP contribution in [0.4, 0.5) is 13.2 Å². The Labute approximate surface area is 140 Å². The van der Waals surface area contributed by atoms with E-state index in [4.69, 9.17) is 5.73 Å². The molecule has 0 radical (unpaired) electrons. The zero-order valence-electron chi connectivity index (χ0n) is 13.8. The van der Waals surface area contributed by atoms with Gasteiger partial charge in [-0.15, -0.1) is 0 Å². The van der Waals surface area contributed by atoms with Gasteiger partial charge < -0.3 is 5.73 Å². The molecule has 0 fully saturated rings. The van der Waals surface area contributed by atoms with Crippen LogP contribution < -0.4 is 5.73 Å². The minimum Gasteiger partial charge on any atom is -0.329 e. The van der Waals surface area contributed by atoms with E-state index >= 15 is 0 Å². The summed E-state index contributed by atoms with van der Waals surface area (Å²) in [6.45, 7) is 5.25. The van der Waals surface area contributed by atoms with Crippen LogP contribution in [0.15, 0.2) is 36.4 Å². The molecule has 0 aromatic heterocycles. The van der Waals surface area contributed by atoms with Crippen LogP contribution in [0.2, 0.25) is 0 Å². The molecule has 2 aromatic carbocycles. The van der Waals surface area contributed by atoms with E-state index < -0.39 is 17.5 Å². The van der Waals surface area contributed by atoms with Crippen LogP contribution in [0.1, 0.15) is 36.6 Å². The van der Waals surface area contributed by atoms with E-state index in [1.165, 1.54) is 0 Å². The quantitative estimate of drug-likeness (QED) is 0.860. The molecular weight excluding hydrogens is 313 g/mol. The van der Waals surface area contributed by atoms with Gasteiger partial charge in [0, 0.05) is 36.7 Å². The number of nitrogens with two attached hydrogens (primary N) is 1. The van der Waals surface area contributed by atoms with Crippen molar-refractivity contribution in [3.63, 3.8) is 0 Å². The molecular formula is C19H21F3N2. The fraction of sp³-hybridized carbons (Fsp3) is 0.368. The van der Waals surface area contributed by atoms with Crippen molar-refractivity contribution < 1.29 is 13.2 Å². The maximum atomic E-state index is 14.1. The minimum atomic E-state index is -1.41. The minimum absolute atomic E-state index is 0.204. The third kappa shape index (κ3) is 2.82. The zero-order valence-corrected chi connectivity index (χ0v) is 13.8. The van der Waals surface area contributed by atoms with Gasteiger partial charge in [-0.3, -0.25) is 4.90 Å². The Balaban J connectivity index is 1.92. The number of nitrogens with zero attached hydrogens (tertiary/aromatic N) is 1. The third-order valence-corrected chi connectivity index (χ3v) is 4.84. The average molecular weight is 334 g/mol. The van der Waals surface area contributed by atoms with Crippen molar-refractivity contribution >= 4 is 0 Å². The molecule has 0 saturated heterocycles. The lowest BCUT2D eigenvalue weighted by Crippen LogP contribution is -2.38. The molecule has 0 bridgehead atoms. The molecule has 3 rings (SSSR count). The first-order chi connectivity index (χ1) is 11.3.